The number of carbonyl (C=O) groups is 1. The van der Waals surface area contributed by atoms with E-state index in [0.29, 0.717) is 31.4 Å². The van der Waals surface area contributed by atoms with E-state index in [4.69, 9.17) is 9.26 Å². The summed E-state index contributed by atoms with van der Waals surface area (Å²) >= 11 is 0. The third kappa shape index (κ3) is 4.79. The Hall–Kier alpha value is -3.55. The van der Waals surface area contributed by atoms with Gasteiger partial charge in [-0.3, -0.25) is 0 Å². The van der Waals surface area contributed by atoms with Crippen molar-refractivity contribution >= 4 is 17.4 Å². The van der Waals surface area contributed by atoms with Crippen molar-refractivity contribution in [3.8, 4) is 17.1 Å². The summed E-state index contributed by atoms with van der Waals surface area (Å²) in [4.78, 5) is 21.4. The second-order valence-corrected chi connectivity index (χ2v) is 8.49. The van der Waals surface area contributed by atoms with Gasteiger partial charge < -0.3 is 24.4 Å². The standard InChI is InChI=1S/C25H29N5O3/c1-2-32-22-12-8-20(9-13-22)26-25(31)30-16-14-29(15-17-30)21-10-6-18(7-11-21)23-27-24(33-28-23)19-4-3-5-19/h6-13,19H,2-5,14-17H2,1H3,(H,26,31). The van der Waals surface area contributed by atoms with Crippen LogP contribution in [0.3, 0.4) is 0 Å². The molecule has 1 N–H and O–H groups in total. The molecule has 0 atom stereocenters. The summed E-state index contributed by atoms with van der Waals surface area (Å²) in [7, 11) is 0. The van der Waals surface area contributed by atoms with Gasteiger partial charge >= 0.3 is 6.03 Å². The van der Waals surface area contributed by atoms with Crippen LogP contribution in [0.4, 0.5) is 16.2 Å². The van der Waals surface area contributed by atoms with Gasteiger partial charge in [-0.25, -0.2) is 4.79 Å². The minimum atomic E-state index is -0.0754. The number of hydrogen-bond acceptors (Lipinski definition) is 6. The van der Waals surface area contributed by atoms with Crippen LogP contribution in [0.5, 0.6) is 5.75 Å². The molecule has 2 aromatic carbocycles. The van der Waals surface area contributed by atoms with Crippen molar-refractivity contribution in [2.24, 2.45) is 0 Å². The molecule has 2 heterocycles. The van der Waals surface area contributed by atoms with Crippen LogP contribution in [0.25, 0.3) is 11.4 Å². The lowest BCUT2D eigenvalue weighted by Gasteiger charge is -2.36. The van der Waals surface area contributed by atoms with E-state index in [1.807, 2.05) is 48.2 Å². The lowest BCUT2D eigenvalue weighted by Crippen LogP contribution is -2.50. The van der Waals surface area contributed by atoms with Crippen LogP contribution in [0, 0.1) is 0 Å². The molecule has 0 unspecified atom stereocenters. The van der Waals surface area contributed by atoms with Gasteiger partial charge in [0.15, 0.2) is 0 Å². The number of ether oxygens (including phenoxy) is 1. The van der Waals surface area contributed by atoms with E-state index in [0.717, 1.165) is 54.5 Å². The van der Waals surface area contributed by atoms with E-state index >= 15 is 0 Å². The minimum Gasteiger partial charge on any atom is -0.494 e. The molecule has 0 spiro atoms. The summed E-state index contributed by atoms with van der Waals surface area (Å²) in [6.45, 7) is 5.47. The Bertz CT molecular complexity index is 1070. The molecule has 172 valence electrons. The first kappa shape index (κ1) is 21.3. The van der Waals surface area contributed by atoms with Gasteiger partial charge in [0.2, 0.25) is 11.7 Å². The van der Waals surface area contributed by atoms with Gasteiger partial charge in [0.25, 0.3) is 0 Å². The predicted octanol–water partition coefficient (Wildman–Crippen LogP) is 4.76. The average molecular weight is 448 g/mol. The second kappa shape index (κ2) is 9.52. The molecule has 8 heteroatoms. The second-order valence-electron chi connectivity index (χ2n) is 8.49. The first-order valence-corrected chi connectivity index (χ1v) is 11.7. The van der Waals surface area contributed by atoms with E-state index < -0.39 is 0 Å². The minimum absolute atomic E-state index is 0.0754. The molecule has 0 bridgehead atoms. The molecule has 0 radical (unpaired) electrons. The van der Waals surface area contributed by atoms with E-state index in [1.165, 1.54) is 6.42 Å². The zero-order chi connectivity index (χ0) is 22.6. The number of urea groups is 1. The van der Waals surface area contributed by atoms with Crippen LogP contribution in [0.1, 0.15) is 38.0 Å². The fraction of sp³-hybridized carbons (Fsp3) is 0.400. The van der Waals surface area contributed by atoms with Crippen molar-refractivity contribution in [3.05, 3.63) is 54.4 Å². The fourth-order valence-electron chi connectivity index (χ4n) is 4.17. The predicted molar refractivity (Wildman–Crippen MR) is 127 cm³/mol. The third-order valence-corrected chi connectivity index (χ3v) is 6.37. The molecular formula is C25H29N5O3. The maximum atomic E-state index is 12.6. The zero-order valence-corrected chi connectivity index (χ0v) is 18.9. The van der Waals surface area contributed by atoms with Crippen LogP contribution < -0.4 is 15.0 Å². The summed E-state index contributed by atoms with van der Waals surface area (Å²) in [5.74, 6) is 2.65. The first-order chi connectivity index (χ1) is 16.2. The Morgan fingerprint density at radius 3 is 2.42 bits per heavy atom. The molecule has 2 fully saturated rings. The zero-order valence-electron chi connectivity index (χ0n) is 18.9. The number of aromatic nitrogens is 2. The largest absolute Gasteiger partial charge is 0.494 e. The lowest BCUT2D eigenvalue weighted by molar-refractivity contribution is 0.208. The monoisotopic (exact) mass is 447 g/mol. The van der Waals surface area contributed by atoms with Gasteiger partial charge in [-0.2, -0.15) is 4.98 Å². The Labute approximate surface area is 193 Å². The molecule has 3 aromatic rings. The molecule has 8 nitrogen and oxygen atoms in total. The lowest BCUT2D eigenvalue weighted by atomic mass is 9.85. The van der Waals surface area contributed by atoms with Crippen molar-refractivity contribution in [1.82, 2.24) is 15.0 Å². The molecule has 2 aliphatic rings. The van der Waals surface area contributed by atoms with E-state index in [9.17, 15) is 4.79 Å². The summed E-state index contributed by atoms with van der Waals surface area (Å²) in [6.07, 6.45) is 3.53. The maximum Gasteiger partial charge on any atom is 0.321 e. The van der Waals surface area contributed by atoms with Crippen LogP contribution in [0.2, 0.25) is 0 Å². The first-order valence-electron chi connectivity index (χ1n) is 11.7. The van der Waals surface area contributed by atoms with Gasteiger partial charge in [-0.15, -0.1) is 0 Å². The number of rotatable bonds is 6. The quantitative estimate of drug-likeness (QED) is 0.587. The van der Waals surface area contributed by atoms with Crippen molar-refractivity contribution in [3.63, 3.8) is 0 Å². The van der Waals surface area contributed by atoms with Crippen LogP contribution in [0.15, 0.2) is 53.1 Å². The molecule has 1 aliphatic heterocycles. The molecular weight excluding hydrogens is 418 g/mol. The number of carbonyl (C=O) groups excluding carboxylic acids is 1. The Morgan fingerprint density at radius 2 is 1.79 bits per heavy atom. The Kier molecular flexibility index (Phi) is 6.15. The molecule has 1 saturated heterocycles. The number of hydrogen-bond donors (Lipinski definition) is 1. The number of anilines is 2. The van der Waals surface area contributed by atoms with E-state index in [2.05, 4.69) is 32.5 Å². The summed E-state index contributed by atoms with van der Waals surface area (Å²) < 4.78 is 10.9. The topological polar surface area (TPSA) is 83.7 Å². The summed E-state index contributed by atoms with van der Waals surface area (Å²) in [5, 5.41) is 7.12. The van der Waals surface area contributed by atoms with Crippen molar-refractivity contribution in [2.75, 3.05) is 43.0 Å². The molecule has 1 aromatic heterocycles. The Balaban J connectivity index is 1.13. The normalized spacial score (nSPS) is 16.4. The Morgan fingerprint density at radius 1 is 1.06 bits per heavy atom. The third-order valence-electron chi connectivity index (χ3n) is 6.37. The molecule has 2 amide bonds. The number of benzene rings is 2. The van der Waals surface area contributed by atoms with Gasteiger partial charge in [0.05, 0.1) is 6.61 Å². The van der Waals surface area contributed by atoms with Crippen molar-refractivity contribution < 1.29 is 14.1 Å². The van der Waals surface area contributed by atoms with E-state index in [-0.39, 0.29) is 6.03 Å². The highest BCUT2D eigenvalue weighted by molar-refractivity contribution is 5.89. The molecule has 1 aliphatic carbocycles. The highest BCUT2D eigenvalue weighted by atomic mass is 16.5. The fourth-order valence-corrected chi connectivity index (χ4v) is 4.17. The number of piperazine rings is 1. The van der Waals surface area contributed by atoms with Crippen molar-refractivity contribution in [1.29, 1.82) is 0 Å². The number of nitrogens with zero attached hydrogens (tertiary/aromatic N) is 4. The van der Waals surface area contributed by atoms with Crippen LogP contribution in [-0.4, -0.2) is 53.9 Å². The highest BCUT2D eigenvalue weighted by Crippen LogP contribution is 2.36. The highest BCUT2D eigenvalue weighted by Gasteiger charge is 2.26. The SMILES string of the molecule is CCOc1ccc(NC(=O)N2CCN(c3ccc(-c4noc(C5CCC5)n4)cc3)CC2)cc1. The molecule has 5 rings (SSSR count). The summed E-state index contributed by atoms with van der Waals surface area (Å²) in [6, 6.07) is 15.6. The van der Waals surface area contributed by atoms with E-state index in [1.54, 1.807) is 0 Å². The summed E-state index contributed by atoms with van der Waals surface area (Å²) in [5.41, 5.74) is 2.86. The average Bonchev–Trinajstić information content (AvgIpc) is 3.29. The maximum absolute atomic E-state index is 12.6. The van der Waals surface area contributed by atoms with Gasteiger partial charge in [0.1, 0.15) is 5.75 Å². The van der Waals surface area contributed by atoms with Gasteiger partial charge in [0, 0.05) is 49.0 Å². The molecule has 33 heavy (non-hydrogen) atoms. The smallest absolute Gasteiger partial charge is 0.321 e. The number of amides is 2. The molecule has 1 saturated carbocycles. The van der Waals surface area contributed by atoms with Gasteiger partial charge in [-0.1, -0.05) is 11.6 Å². The van der Waals surface area contributed by atoms with Crippen LogP contribution >= 0.6 is 0 Å². The van der Waals surface area contributed by atoms with Crippen LogP contribution in [-0.2, 0) is 0 Å². The number of nitrogens with one attached hydrogen (secondary N) is 1. The van der Waals surface area contributed by atoms with Gasteiger partial charge in [-0.05, 0) is 68.3 Å². The van der Waals surface area contributed by atoms with Crippen molar-refractivity contribution in [2.45, 2.75) is 32.1 Å².